The van der Waals surface area contributed by atoms with Crippen molar-refractivity contribution in [2.24, 2.45) is 5.14 Å². The molecule has 2 N–H and O–H groups in total. The minimum atomic E-state index is -0.118. The van der Waals surface area contributed by atoms with Gasteiger partial charge in [-0.2, -0.15) is 0 Å². The van der Waals surface area contributed by atoms with E-state index in [9.17, 15) is 4.79 Å². The van der Waals surface area contributed by atoms with Gasteiger partial charge >= 0.3 is 0 Å². The summed E-state index contributed by atoms with van der Waals surface area (Å²) >= 11 is 1.26. The molecule has 1 aromatic heterocycles. The molecule has 0 spiro atoms. The van der Waals surface area contributed by atoms with Crippen LogP contribution >= 0.6 is 11.9 Å². The average molecular weight is 467 g/mol. The van der Waals surface area contributed by atoms with E-state index in [1.807, 2.05) is 22.8 Å². The third-order valence-corrected chi connectivity index (χ3v) is 7.23. The van der Waals surface area contributed by atoms with Crippen LogP contribution in [0.1, 0.15) is 35.0 Å². The van der Waals surface area contributed by atoms with E-state index in [0.717, 1.165) is 61.1 Å². The molecule has 0 radical (unpaired) electrons. The molecule has 7 nitrogen and oxygen atoms in total. The minimum absolute atomic E-state index is 0.00321. The number of hydrogen-bond donors (Lipinski definition) is 1. The van der Waals surface area contributed by atoms with Crippen LogP contribution in [0.25, 0.3) is 10.9 Å². The van der Waals surface area contributed by atoms with E-state index in [2.05, 4.69) is 30.9 Å². The van der Waals surface area contributed by atoms with Gasteiger partial charge < -0.3 is 14.4 Å². The number of aromatic nitrogens is 2. The Hall–Kier alpha value is -2.39. The molecule has 2 aliphatic rings. The molecule has 0 aliphatic carbocycles. The van der Waals surface area contributed by atoms with E-state index >= 15 is 0 Å². The van der Waals surface area contributed by atoms with Gasteiger partial charge in [0.2, 0.25) is 0 Å². The molecule has 0 saturated carbocycles. The van der Waals surface area contributed by atoms with Gasteiger partial charge in [0.15, 0.2) is 0 Å². The highest BCUT2D eigenvalue weighted by molar-refractivity contribution is 7.97. The molecule has 3 heterocycles. The lowest BCUT2D eigenvalue weighted by Gasteiger charge is -2.30. The molecule has 5 rings (SSSR count). The molecule has 33 heavy (non-hydrogen) atoms. The number of anilines is 1. The van der Waals surface area contributed by atoms with Crippen LogP contribution in [0.4, 0.5) is 5.69 Å². The lowest BCUT2D eigenvalue weighted by atomic mass is 10.00. The first kappa shape index (κ1) is 22.4. The number of nitrogens with two attached hydrogens (primary N) is 1. The van der Waals surface area contributed by atoms with Crippen molar-refractivity contribution in [2.45, 2.75) is 44.2 Å². The topological polar surface area (TPSA) is 82.6 Å². The summed E-state index contributed by atoms with van der Waals surface area (Å²) in [6, 6.07) is 10.2. The standard InChI is InChI=1S/C25H30N4O3S/c1-16-13-19(33-26)14-17(2)20(16)5-7-29-24(23-6-10-32-23)27-22-15-18(3-4-21(22)25(29)30)28-8-11-31-12-9-28/h3-4,13-15,23H,5-12,26H2,1-2H3. The normalized spacial score (nSPS) is 18.5. The lowest BCUT2D eigenvalue weighted by Crippen LogP contribution is -2.36. The van der Waals surface area contributed by atoms with Gasteiger partial charge in [0.25, 0.3) is 5.56 Å². The van der Waals surface area contributed by atoms with Crippen LogP contribution in [0, 0.1) is 13.8 Å². The van der Waals surface area contributed by atoms with Crippen LogP contribution in [-0.2, 0) is 22.4 Å². The van der Waals surface area contributed by atoms with Gasteiger partial charge in [-0.15, -0.1) is 0 Å². The van der Waals surface area contributed by atoms with Gasteiger partial charge in [-0.3, -0.25) is 14.5 Å². The average Bonchev–Trinajstić information content (AvgIpc) is 2.79. The Morgan fingerprint density at radius 2 is 1.85 bits per heavy atom. The predicted octanol–water partition coefficient (Wildman–Crippen LogP) is 3.52. The van der Waals surface area contributed by atoms with Gasteiger partial charge in [0.05, 0.1) is 30.7 Å². The Labute approximate surface area is 198 Å². The van der Waals surface area contributed by atoms with Crippen LogP contribution in [-0.4, -0.2) is 42.5 Å². The summed E-state index contributed by atoms with van der Waals surface area (Å²) in [6.07, 6.45) is 1.53. The number of benzene rings is 2. The number of morpholine rings is 1. The molecule has 2 aliphatic heterocycles. The molecular formula is C25H30N4O3S. The second-order valence-electron chi connectivity index (χ2n) is 8.78. The fourth-order valence-corrected chi connectivity index (χ4v) is 5.28. The predicted molar refractivity (Wildman–Crippen MR) is 132 cm³/mol. The first-order valence-corrected chi connectivity index (χ1v) is 12.4. The third kappa shape index (κ3) is 4.40. The first-order valence-electron chi connectivity index (χ1n) is 11.5. The number of fused-ring (bicyclic) bond motifs is 1. The molecule has 2 fully saturated rings. The highest BCUT2D eigenvalue weighted by Gasteiger charge is 2.27. The van der Waals surface area contributed by atoms with Gasteiger partial charge in [0.1, 0.15) is 11.9 Å². The first-order chi connectivity index (χ1) is 16.0. The zero-order chi connectivity index (χ0) is 22.9. The number of rotatable bonds is 6. The molecule has 1 atom stereocenters. The van der Waals surface area contributed by atoms with Crippen LogP contribution < -0.4 is 15.6 Å². The summed E-state index contributed by atoms with van der Waals surface area (Å²) in [5, 5.41) is 6.40. The number of aryl methyl sites for hydroxylation is 2. The third-order valence-electron chi connectivity index (χ3n) is 6.72. The largest absolute Gasteiger partial charge is 0.378 e. The Morgan fingerprint density at radius 3 is 2.48 bits per heavy atom. The molecule has 3 aromatic rings. The van der Waals surface area contributed by atoms with Crippen molar-refractivity contribution in [3.05, 3.63) is 63.2 Å². The van der Waals surface area contributed by atoms with Crippen molar-refractivity contribution in [1.82, 2.24) is 9.55 Å². The fraction of sp³-hybridized carbons (Fsp3) is 0.440. The van der Waals surface area contributed by atoms with Crippen molar-refractivity contribution in [3.8, 4) is 0 Å². The zero-order valence-electron chi connectivity index (χ0n) is 19.2. The van der Waals surface area contributed by atoms with Crippen molar-refractivity contribution < 1.29 is 9.47 Å². The van der Waals surface area contributed by atoms with Crippen molar-refractivity contribution in [2.75, 3.05) is 37.8 Å². The van der Waals surface area contributed by atoms with Crippen molar-refractivity contribution >= 4 is 28.5 Å². The Kier molecular flexibility index (Phi) is 6.42. The van der Waals surface area contributed by atoms with E-state index in [1.54, 1.807) is 0 Å². The Morgan fingerprint density at radius 1 is 1.12 bits per heavy atom. The number of nitrogens with zero attached hydrogens (tertiary/aromatic N) is 3. The summed E-state index contributed by atoms with van der Waals surface area (Å²) in [5.41, 5.74) is 5.47. The SMILES string of the molecule is Cc1cc(SN)cc(C)c1CCn1c(C2CCO2)nc2cc(N3CCOCC3)ccc2c1=O. The molecule has 0 amide bonds. The van der Waals surface area contributed by atoms with Crippen molar-refractivity contribution in [3.63, 3.8) is 0 Å². The Balaban J connectivity index is 1.51. The minimum Gasteiger partial charge on any atom is -0.378 e. The van der Waals surface area contributed by atoms with E-state index in [0.29, 0.717) is 18.5 Å². The Bertz CT molecular complexity index is 1210. The number of ether oxygens (including phenoxy) is 2. The zero-order valence-corrected chi connectivity index (χ0v) is 20.0. The summed E-state index contributed by atoms with van der Waals surface area (Å²) in [7, 11) is 0. The smallest absolute Gasteiger partial charge is 0.261 e. The molecule has 2 aromatic carbocycles. The number of hydrogen-bond acceptors (Lipinski definition) is 7. The van der Waals surface area contributed by atoms with E-state index in [-0.39, 0.29) is 11.7 Å². The monoisotopic (exact) mass is 466 g/mol. The maximum atomic E-state index is 13.6. The summed E-state index contributed by atoms with van der Waals surface area (Å²) in [4.78, 5) is 21.9. The van der Waals surface area contributed by atoms with E-state index in [1.165, 1.54) is 28.6 Å². The highest BCUT2D eigenvalue weighted by Crippen LogP contribution is 2.30. The lowest BCUT2D eigenvalue weighted by molar-refractivity contribution is -0.0604. The van der Waals surface area contributed by atoms with Crippen molar-refractivity contribution in [1.29, 1.82) is 0 Å². The van der Waals surface area contributed by atoms with Gasteiger partial charge in [-0.05, 0) is 79.2 Å². The fourth-order valence-electron chi connectivity index (χ4n) is 4.79. The van der Waals surface area contributed by atoms with Crippen LogP contribution in [0.5, 0.6) is 0 Å². The maximum Gasteiger partial charge on any atom is 0.261 e. The highest BCUT2D eigenvalue weighted by atomic mass is 32.2. The van der Waals surface area contributed by atoms with Gasteiger partial charge in [-0.1, -0.05) is 0 Å². The second kappa shape index (κ2) is 9.46. The molecule has 174 valence electrons. The van der Waals surface area contributed by atoms with Gasteiger partial charge in [0, 0.05) is 36.6 Å². The molecule has 1 unspecified atom stereocenters. The quantitative estimate of drug-likeness (QED) is 0.557. The maximum absolute atomic E-state index is 13.6. The summed E-state index contributed by atoms with van der Waals surface area (Å²) in [6.45, 7) is 8.62. The molecule has 0 bridgehead atoms. The van der Waals surface area contributed by atoms with Gasteiger partial charge in [-0.25, -0.2) is 4.98 Å². The summed E-state index contributed by atoms with van der Waals surface area (Å²) < 4.78 is 13.1. The van der Waals surface area contributed by atoms with Crippen LogP contribution in [0.3, 0.4) is 0 Å². The van der Waals surface area contributed by atoms with E-state index < -0.39 is 0 Å². The molecular weight excluding hydrogens is 436 g/mol. The van der Waals surface area contributed by atoms with E-state index in [4.69, 9.17) is 19.6 Å². The molecule has 8 heteroatoms. The molecule has 2 saturated heterocycles. The van der Waals surface area contributed by atoms with Crippen LogP contribution in [0.15, 0.2) is 40.0 Å². The summed E-state index contributed by atoms with van der Waals surface area (Å²) in [5.74, 6) is 0.738. The van der Waals surface area contributed by atoms with Crippen LogP contribution in [0.2, 0.25) is 0 Å². The second-order valence-corrected chi connectivity index (χ2v) is 9.49.